The van der Waals surface area contributed by atoms with E-state index in [-0.39, 0.29) is 12.1 Å². The van der Waals surface area contributed by atoms with Crippen LogP contribution in [0.3, 0.4) is 0 Å². The van der Waals surface area contributed by atoms with Gasteiger partial charge in [-0.1, -0.05) is 60.2 Å². The molecule has 6 rings (SSSR count). The average Bonchev–Trinajstić information content (AvgIpc) is 3.50. The number of aromatic nitrogens is 3. The number of carbonyl (C=O) groups excluding carboxylic acids is 1. The van der Waals surface area contributed by atoms with Crippen LogP contribution in [0.15, 0.2) is 97.2 Å². The normalized spacial score (nSPS) is 14.3. The maximum atomic E-state index is 14.2. The van der Waals surface area contributed by atoms with Crippen LogP contribution in [0.25, 0.3) is 11.5 Å². The van der Waals surface area contributed by atoms with Crippen LogP contribution in [0.1, 0.15) is 41.0 Å². The summed E-state index contributed by atoms with van der Waals surface area (Å²) in [5.41, 5.74) is 6.67. The molecular weight excluding hydrogens is 486 g/mol. The van der Waals surface area contributed by atoms with Gasteiger partial charge in [0.05, 0.1) is 42.0 Å². The molecule has 3 aromatic carbocycles. The lowest BCUT2D eigenvalue weighted by molar-refractivity contribution is 0.194. The molecule has 0 fully saturated rings. The predicted octanol–water partition coefficient (Wildman–Crippen LogP) is 6.82. The minimum absolute atomic E-state index is 0.207. The molecule has 0 aliphatic carbocycles. The number of hydrogen-bond acceptors (Lipinski definition) is 3. The van der Waals surface area contributed by atoms with Gasteiger partial charge < -0.3 is 19.5 Å². The SMILES string of the molecule is CCOc1ccccc1NC(=O)N1Cc2c(C)nn(-c3ccccc3)c2-n2cccc2C1c1cccc(C)c1. The first kappa shape index (κ1) is 24.6. The number of benzene rings is 3. The number of amides is 2. The molecule has 0 radical (unpaired) electrons. The van der Waals surface area contributed by atoms with E-state index in [4.69, 9.17) is 9.84 Å². The van der Waals surface area contributed by atoms with E-state index >= 15 is 0 Å². The lowest BCUT2D eigenvalue weighted by Crippen LogP contribution is -2.38. The summed E-state index contributed by atoms with van der Waals surface area (Å²) < 4.78 is 9.95. The first-order valence-corrected chi connectivity index (χ1v) is 13.2. The summed E-state index contributed by atoms with van der Waals surface area (Å²) in [6.45, 7) is 6.92. The third kappa shape index (κ3) is 4.46. The minimum atomic E-state index is -0.324. The molecule has 2 aromatic heterocycles. The van der Waals surface area contributed by atoms with Crippen LogP contribution in [-0.2, 0) is 6.54 Å². The smallest absolute Gasteiger partial charge is 0.323 e. The third-order valence-electron chi connectivity index (χ3n) is 7.13. The summed E-state index contributed by atoms with van der Waals surface area (Å²) in [6.07, 6.45) is 2.06. The highest BCUT2D eigenvalue weighted by molar-refractivity contribution is 5.91. The molecule has 1 aliphatic heterocycles. The maximum Gasteiger partial charge on any atom is 0.323 e. The van der Waals surface area contributed by atoms with Gasteiger partial charge >= 0.3 is 6.03 Å². The summed E-state index contributed by atoms with van der Waals surface area (Å²) in [4.78, 5) is 16.1. The predicted molar refractivity (Wildman–Crippen MR) is 153 cm³/mol. The van der Waals surface area contributed by atoms with Crippen molar-refractivity contribution < 1.29 is 9.53 Å². The van der Waals surface area contributed by atoms with Crippen molar-refractivity contribution in [2.45, 2.75) is 33.4 Å². The molecule has 3 heterocycles. The van der Waals surface area contributed by atoms with Crippen molar-refractivity contribution >= 4 is 11.7 Å². The molecule has 0 saturated carbocycles. The number of fused-ring (bicyclic) bond motifs is 3. The van der Waals surface area contributed by atoms with Gasteiger partial charge in [-0.05, 0) is 62.7 Å². The summed E-state index contributed by atoms with van der Waals surface area (Å²) in [5, 5.41) is 8.07. The molecular formula is C32H31N5O2. The molecule has 1 aliphatic rings. The molecule has 5 aromatic rings. The number of rotatable bonds is 5. The zero-order valence-electron chi connectivity index (χ0n) is 22.3. The Morgan fingerprint density at radius 3 is 2.56 bits per heavy atom. The summed E-state index contributed by atoms with van der Waals surface area (Å²) >= 11 is 0. The molecule has 0 spiro atoms. The number of ether oxygens (including phenoxy) is 1. The maximum absolute atomic E-state index is 14.2. The number of hydrogen-bond donors (Lipinski definition) is 1. The van der Waals surface area contributed by atoms with E-state index in [0.29, 0.717) is 24.6 Å². The molecule has 1 atom stereocenters. The van der Waals surface area contributed by atoms with Crippen molar-refractivity contribution in [3.63, 3.8) is 0 Å². The zero-order valence-corrected chi connectivity index (χ0v) is 22.3. The van der Waals surface area contributed by atoms with Gasteiger partial charge in [-0.3, -0.25) is 0 Å². The van der Waals surface area contributed by atoms with Crippen molar-refractivity contribution in [2.24, 2.45) is 0 Å². The number of urea groups is 1. The van der Waals surface area contributed by atoms with Crippen LogP contribution < -0.4 is 10.1 Å². The van der Waals surface area contributed by atoms with Gasteiger partial charge in [0, 0.05) is 11.8 Å². The van der Waals surface area contributed by atoms with Crippen molar-refractivity contribution in [2.75, 3.05) is 11.9 Å². The minimum Gasteiger partial charge on any atom is -0.492 e. The van der Waals surface area contributed by atoms with Crippen molar-refractivity contribution in [1.29, 1.82) is 0 Å². The molecule has 0 bridgehead atoms. The fourth-order valence-corrected chi connectivity index (χ4v) is 5.38. The number of nitrogens with one attached hydrogen (secondary N) is 1. The van der Waals surface area contributed by atoms with Crippen molar-refractivity contribution in [3.8, 4) is 17.3 Å². The summed E-state index contributed by atoms with van der Waals surface area (Å²) in [7, 11) is 0. The van der Waals surface area contributed by atoms with Crippen LogP contribution in [0.4, 0.5) is 10.5 Å². The molecule has 1 unspecified atom stereocenters. The van der Waals surface area contributed by atoms with E-state index in [2.05, 4.69) is 47.3 Å². The Labute approximate surface area is 228 Å². The molecule has 39 heavy (non-hydrogen) atoms. The second-order valence-corrected chi connectivity index (χ2v) is 9.74. The highest BCUT2D eigenvalue weighted by Gasteiger charge is 2.36. The highest BCUT2D eigenvalue weighted by atomic mass is 16.5. The fourth-order valence-electron chi connectivity index (χ4n) is 5.38. The Bertz CT molecular complexity index is 1640. The summed E-state index contributed by atoms with van der Waals surface area (Å²) in [6, 6.07) is 29.6. The van der Waals surface area contributed by atoms with Crippen LogP contribution >= 0.6 is 0 Å². The molecule has 2 amide bonds. The first-order chi connectivity index (χ1) is 19.0. The number of para-hydroxylation sites is 3. The molecule has 0 saturated heterocycles. The number of carbonyl (C=O) groups is 1. The van der Waals surface area contributed by atoms with E-state index in [1.54, 1.807) is 0 Å². The van der Waals surface area contributed by atoms with Crippen LogP contribution in [0, 0.1) is 13.8 Å². The molecule has 7 heteroatoms. The van der Waals surface area contributed by atoms with E-state index in [1.165, 1.54) is 0 Å². The van der Waals surface area contributed by atoms with Gasteiger partial charge in [-0.2, -0.15) is 5.10 Å². The molecule has 7 nitrogen and oxygen atoms in total. The van der Waals surface area contributed by atoms with Gasteiger partial charge in [-0.15, -0.1) is 0 Å². The van der Waals surface area contributed by atoms with Crippen LogP contribution in [0.5, 0.6) is 5.75 Å². The van der Waals surface area contributed by atoms with E-state index in [9.17, 15) is 4.79 Å². The fraction of sp³-hybridized carbons (Fsp3) is 0.188. The van der Waals surface area contributed by atoms with Gasteiger partial charge in [-0.25, -0.2) is 9.48 Å². The second-order valence-electron chi connectivity index (χ2n) is 9.74. The Morgan fingerprint density at radius 1 is 0.974 bits per heavy atom. The van der Waals surface area contributed by atoms with Crippen LogP contribution in [0.2, 0.25) is 0 Å². The Balaban J connectivity index is 1.52. The summed E-state index contributed by atoms with van der Waals surface area (Å²) in [5.74, 6) is 1.59. The Hall–Kier alpha value is -4.78. The quantitative estimate of drug-likeness (QED) is 0.278. The van der Waals surface area contributed by atoms with Gasteiger partial charge in [0.25, 0.3) is 0 Å². The lowest BCUT2D eigenvalue weighted by Gasteiger charge is -2.31. The van der Waals surface area contributed by atoms with E-state index in [1.807, 2.05) is 90.2 Å². The molecule has 196 valence electrons. The largest absolute Gasteiger partial charge is 0.492 e. The van der Waals surface area contributed by atoms with Crippen molar-refractivity contribution in [3.05, 3.63) is 125 Å². The number of aryl methyl sites for hydroxylation is 2. The Kier molecular flexibility index (Phi) is 6.40. The highest BCUT2D eigenvalue weighted by Crippen LogP contribution is 2.39. The van der Waals surface area contributed by atoms with Gasteiger partial charge in [0.15, 0.2) is 0 Å². The second kappa shape index (κ2) is 10.2. The first-order valence-electron chi connectivity index (χ1n) is 13.2. The third-order valence-corrected chi connectivity index (χ3v) is 7.13. The van der Waals surface area contributed by atoms with Gasteiger partial charge in [0.1, 0.15) is 11.6 Å². The monoisotopic (exact) mass is 517 g/mol. The van der Waals surface area contributed by atoms with E-state index < -0.39 is 0 Å². The lowest BCUT2D eigenvalue weighted by atomic mass is 10.00. The van der Waals surface area contributed by atoms with E-state index in [0.717, 1.165) is 39.6 Å². The molecule has 1 N–H and O–H groups in total. The standard InChI is InChI=1S/C32H31N5O2/c1-4-39-29-18-9-8-16-27(29)33-32(38)36-21-26-23(3)34-37(25-14-6-5-7-15-25)31(26)35-19-11-17-28(35)30(36)24-13-10-12-22(2)20-24/h5-20,30H,4,21H2,1-3H3,(H,33,38). The zero-order chi connectivity index (χ0) is 26.9. The number of anilines is 1. The topological polar surface area (TPSA) is 64.3 Å². The van der Waals surface area contributed by atoms with Crippen LogP contribution in [-0.4, -0.2) is 31.9 Å². The number of nitrogens with zero attached hydrogens (tertiary/aromatic N) is 4. The van der Waals surface area contributed by atoms with Gasteiger partial charge in [0.2, 0.25) is 0 Å². The Morgan fingerprint density at radius 2 is 1.77 bits per heavy atom. The average molecular weight is 518 g/mol. The van der Waals surface area contributed by atoms with Crippen molar-refractivity contribution in [1.82, 2.24) is 19.2 Å².